The molecule has 3 nitrogen and oxygen atoms in total. The Labute approximate surface area is 122 Å². The normalized spacial score (nSPS) is 36.5. The van der Waals surface area contributed by atoms with Crippen molar-refractivity contribution in [2.45, 2.75) is 71.5 Å². The molecule has 3 heteroatoms. The van der Waals surface area contributed by atoms with E-state index in [4.69, 9.17) is 0 Å². The fourth-order valence-electron chi connectivity index (χ4n) is 5.09. The van der Waals surface area contributed by atoms with Crippen molar-refractivity contribution in [3.63, 3.8) is 0 Å². The number of aromatic nitrogens is 2. The van der Waals surface area contributed by atoms with Crippen LogP contribution in [0, 0.1) is 10.8 Å². The zero-order valence-electron chi connectivity index (χ0n) is 13.1. The molecular weight excluding hydrogens is 246 g/mol. The van der Waals surface area contributed by atoms with Crippen LogP contribution in [0.3, 0.4) is 0 Å². The Hall–Kier alpha value is -0.830. The maximum absolute atomic E-state index is 4.64. The Kier molecular flexibility index (Phi) is 2.64. The lowest BCUT2D eigenvalue weighted by Gasteiger charge is -2.39. The Balaban J connectivity index is 1.54. The molecule has 4 rings (SSSR count). The van der Waals surface area contributed by atoms with Crippen molar-refractivity contribution in [1.29, 1.82) is 0 Å². The number of nitrogens with zero attached hydrogens (tertiary/aromatic N) is 3. The summed E-state index contributed by atoms with van der Waals surface area (Å²) in [6.45, 7) is 9.71. The molecule has 2 heterocycles. The van der Waals surface area contributed by atoms with Crippen LogP contribution in [-0.2, 0) is 6.54 Å². The van der Waals surface area contributed by atoms with E-state index in [1.807, 2.05) is 6.20 Å². The van der Waals surface area contributed by atoms with Gasteiger partial charge in [0.05, 0.1) is 6.54 Å². The van der Waals surface area contributed by atoms with Crippen LogP contribution in [0.5, 0.6) is 0 Å². The predicted octanol–water partition coefficient (Wildman–Crippen LogP) is 3.62. The van der Waals surface area contributed by atoms with Crippen molar-refractivity contribution in [3.8, 4) is 0 Å². The van der Waals surface area contributed by atoms with Gasteiger partial charge in [-0.05, 0) is 42.9 Å². The van der Waals surface area contributed by atoms with Crippen LogP contribution in [0.15, 0.2) is 12.4 Å². The van der Waals surface area contributed by atoms with Crippen molar-refractivity contribution in [1.82, 2.24) is 14.5 Å². The van der Waals surface area contributed by atoms with E-state index in [1.54, 1.807) is 0 Å². The monoisotopic (exact) mass is 273 g/mol. The first-order chi connectivity index (χ1) is 9.44. The molecule has 0 amide bonds. The van der Waals surface area contributed by atoms with Gasteiger partial charge < -0.3 is 4.57 Å². The van der Waals surface area contributed by atoms with Crippen molar-refractivity contribution in [3.05, 3.63) is 18.2 Å². The lowest BCUT2D eigenvalue weighted by molar-refractivity contribution is 0.126. The largest absolute Gasteiger partial charge is 0.331 e. The molecule has 0 aromatic carbocycles. The topological polar surface area (TPSA) is 21.1 Å². The minimum atomic E-state index is 0.512. The summed E-state index contributed by atoms with van der Waals surface area (Å²) >= 11 is 0. The minimum absolute atomic E-state index is 0.512. The lowest BCUT2D eigenvalue weighted by Crippen LogP contribution is -2.34. The summed E-state index contributed by atoms with van der Waals surface area (Å²) in [5.41, 5.74) is 1.04. The zero-order valence-corrected chi connectivity index (χ0v) is 13.1. The summed E-state index contributed by atoms with van der Waals surface area (Å²) in [6, 6.07) is 1.52. The Morgan fingerprint density at radius 1 is 1.20 bits per heavy atom. The van der Waals surface area contributed by atoms with E-state index >= 15 is 0 Å². The van der Waals surface area contributed by atoms with Crippen LogP contribution >= 0.6 is 0 Å². The van der Waals surface area contributed by atoms with Crippen molar-refractivity contribution < 1.29 is 0 Å². The summed E-state index contributed by atoms with van der Waals surface area (Å²) in [6.07, 6.45) is 11.0. The second-order valence-electron chi connectivity index (χ2n) is 8.60. The highest BCUT2D eigenvalue weighted by atomic mass is 15.2. The van der Waals surface area contributed by atoms with E-state index in [2.05, 4.69) is 41.4 Å². The van der Waals surface area contributed by atoms with E-state index in [1.165, 1.54) is 44.5 Å². The second-order valence-corrected chi connectivity index (χ2v) is 8.60. The van der Waals surface area contributed by atoms with Crippen LogP contribution in [-0.4, -0.2) is 27.0 Å². The molecule has 0 unspecified atom stereocenters. The molecule has 0 N–H and O–H groups in total. The van der Waals surface area contributed by atoms with Gasteiger partial charge in [0.25, 0.3) is 0 Å². The molecule has 3 fully saturated rings. The molecule has 2 bridgehead atoms. The van der Waals surface area contributed by atoms with E-state index in [-0.39, 0.29) is 0 Å². The summed E-state index contributed by atoms with van der Waals surface area (Å²) in [5.74, 6) is 1.29. The van der Waals surface area contributed by atoms with Gasteiger partial charge in [-0.3, -0.25) is 4.90 Å². The number of hydrogen-bond donors (Lipinski definition) is 0. The van der Waals surface area contributed by atoms with E-state index in [9.17, 15) is 0 Å². The highest BCUT2D eigenvalue weighted by Crippen LogP contribution is 2.52. The maximum atomic E-state index is 4.64. The van der Waals surface area contributed by atoms with Crippen LogP contribution in [0.1, 0.15) is 64.7 Å². The third-order valence-corrected chi connectivity index (χ3v) is 5.56. The van der Waals surface area contributed by atoms with Gasteiger partial charge in [-0.2, -0.15) is 0 Å². The van der Waals surface area contributed by atoms with E-state index < -0.39 is 0 Å². The van der Waals surface area contributed by atoms with Crippen LogP contribution in [0.25, 0.3) is 0 Å². The standard InChI is InChI=1S/C17H27N3/c1-16(2)8-14-9-17(3,11-16)12-19(14)10-15-18-6-7-20(15)13-4-5-13/h6-7,13-14H,4-5,8-12H2,1-3H3/t14-,17-/m1/s1. The Bertz CT molecular complexity index is 514. The van der Waals surface area contributed by atoms with Crippen LogP contribution in [0.2, 0.25) is 0 Å². The van der Waals surface area contributed by atoms with E-state index in [0.29, 0.717) is 10.8 Å². The molecule has 110 valence electrons. The molecule has 1 aliphatic heterocycles. The average Bonchev–Trinajstić information content (AvgIpc) is 3.01. The maximum Gasteiger partial charge on any atom is 0.123 e. The highest BCUT2D eigenvalue weighted by molar-refractivity contribution is 5.06. The predicted molar refractivity (Wildman–Crippen MR) is 80.4 cm³/mol. The van der Waals surface area contributed by atoms with Gasteiger partial charge in [-0.25, -0.2) is 4.98 Å². The van der Waals surface area contributed by atoms with Crippen molar-refractivity contribution in [2.24, 2.45) is 10.8 Å². The highest BCUT2D eigenvalue weighted by Gasteiger charge is 2.49. The fraction of sp³-hybridized carbons (Fsp3) is 0.824. The first-order valence-electron chi connectivity index (χ1n) is 8.20. The molecule has 1 aromatic heterocycles. The summed E-state index contributed by atoms with van der Waals surface area (Å²) in [7, 11) is 0. The summed E-state index contributed by atoms with van der Waals surface area (Å²) in [5, 5.41) is 0. The van der Waals surface area contributed by atoms with E-state index in [0.717, 1.165) is 18.6 Å². The average molecular weight is 273 g/mol. The smallest absolute Gasteiger partial charge is 0.123 e. The van der Waals surface area contributed by atoms with Gasteiger partial charge in [0, 0.05) is 31.0 Å². The van der Waals surface area contributed by atoms with Crippen LogP contribution in [0.4, 0.5) is 0 Å². The van der Waals surface area contributed by atoms with Gasteiger partial charge >= 0.3 is 0 Å². The fourth-order valence-corrected chi connectivity index (χ4v) is 5.09. The number of rotatable bonds is 3. The quantitative estimate of drug-likeness (QED) is 0.838. The first kappa shape index (κ1) is 12.9. The third kappa shape index (κ3) is 2.20. The molecule has 20 heavy (non-hydrogen) atoms. The summed E-state index contributed by atoms with van der Waals surface area (Å²) in [4.78, 5) is 7.35. The van der Waals surface area contributed by atoms with Crippen molar-refractivity contribution in [2.75, 3.05) is 6.54 Å². The molecule has 2 saturated carbocycles. The third-order valence-electron chi connectivity index (χ3n) is 5.56. The van der Waals surface area contributed by atoms with Gasteiger partial charge in [0.15, 0.2) is 0 Å². The second kappa shape index (κ2) is 4.09. The molecular formula is C17H27N3. The van der Waals surface area contributed by atoms with Gasteiger partial charge in [0.1, 0.15) is 5.82 Å². The molecule has 3 aliphatic rings. The number of hydrogen-bond acceptors (Lipinski definition) is 2. The van der Waals surface area contributed by atoms with Crippen molar-refractivity contribution >= 4 is 0 Å². The SMILES string of the molecule is CC1(C)C[C@@H]2C[C@@](C)(CN2Cc2nccn2C2CC2)C1. The minimum Gasteiger partial charge on any atom is -0.331 e. The molecule has 1 saturated heterocycles. The van der Waals surface area contributed by atoms with Gasteiger partial charge in [0.2, 0.25) is 0 Å². The lowest BCUT2D eigenvalue weighted by atomic mass is 9.65. The molecule has 2 atom stereocenters. The first-order valence-corrected chi connectivity index (χ1v) is 8.20. The van der Waals surface area contributed by atoms with Gasteiger partial charge in [-0.15, -0.1) is 0 Å². The molecule has 0 spiro atoms. The molecule has 0 radical (unpaired) electrons. The number of fused-ring (bicyclic) bond motifs is 2. The number of imidazole rings is 1. The number of likely N-dealkylation sites (tertiary alicyclic amines) is 1. The molecule has 1 aromatic rings. The Morgan fingerprint density at radius 2 is 2.00 bits per heavy atom. The summed E-state index contributed by atoms with van der Waals surface area (Å²) < 4.78 is 2.43. The van der Waals surface area contributed by atoms with Gasteiger partial charge in [-0.1, -0.05) is 20.8 Å². The molecule has 2 aliphatic carbocycles. The Morgan fingerprint density at radius 3 is 2.75 bits per heavy atom. The zero-order chi connectivity index (χ0) is 14.0. The van der Waals surface area contributed by atoms with Crippen LogP contribution < -0.4 is 0 Å².